The number of nitrogens with zero attached hydrogens (tertiary/aromatic N) is 4. The second-order valence-electron chi connectivity index (χ2n) is 8.53. The Balaban J connectivity index is 1.28. The molecule has 0 aliphatic carbocycles. The molecule has 4 aromatic rings. The van der Waals surface area contributed by atoms with Crippen LogP contribution in [0.5, 0.6) is 5.75 Å². The lowest BCUT2D eigenvalue weighted by atomic mass is 10.1. The van der Waals surface area contributed by atoms with Gasteiger partial charge in [-0.25, -0.2) is 14.2 Å². The van der Waals surface area contributed by atoms with Crippen molar-refractivity contribution in [3.63, 3.8) is 0 Å². The number of aryl methyl sites for hydroxylation is 1. The van der Waals surface area contributed by atoms with Gasteiger partial charge in [0.25, 0.3) is 0 Å². The number of imidazole rings is 1. The first-order valence-electron chi connectivity index (χ1n) is 11.7. The van der Waals surface area contributed by atoms with E-state index in [1.54, 1.807) is 23.5 Å². The van der Waals surface area contributed by atoms with Crippen molar-refractivity contribution in [3.8, 4) is 17.0 Å². The molecule has 0 radical (unpaired) electrons. The molecule has 1 aliphatic heterocycles. The van der Waals surface area contributed by atoms with Crippen LogP contribution in [-0.4, -0.2) is 58.0 Å². The molecule has 2 aromatic carbocycles. The highest BCUT2D eigenvalue weighted by atomic mass is 32.1. The van der Waals surface area contributed by atoms with Crippen LogP contribution in [0.2, 0.25) is 0 Å². The highest BCUT2D eigenvalue weighted by molar-refractivity contribution is 7.17. The van der Waals surface area contributed by atoms with Crippen molar-refractivity contribution >= 4 is 28.0 Å². The average molecular weight is 494 g/mol. The molecule has 0 bridgehead atoms. The summed E-state index contributed by atoms with van der Waals surface area (Å²) in [5.41, 5.74) is 3.55. The molecule has 5 rings (SSSR count). The predicted molar refractivity (Wildman–Crippen MR) is 137 cm³/mol. The number of hydrogen-bond acceptors (Lipinski definition) is 5. The van der Waals surface area contributed by atoms with Crippen LogP contribution in [0.1, 0.15) is 17.5 Å². The summed E-state index contributed by atoms with van der Waals surface area (Å²) >= 11 is 1.64. The lowest BCUT2D eigenvalue weighted by molar-refractivity contribution is 0.142. The van der Waals surface area contributed by atoms with Gasteiger partial charge in [-0.1, -0.05) is 12.1 Å². The van der Waals surface area contributed by atoms with E-state index >= 15 is 0 Å². The quantitative estimate of drug-likeness (QED) is 0.398. The normalized spacial score (nSPS) is 14.4. The number of piperazine rings is 1. The third kappa shape index (κ3) is 5.01. The van der Waals surface area contributed by atoms with Crippen LogP contribution < -0.4 is 10.1 Å². The zero-order valence-corrected chi connectivity index (χ0v) is 20.6. The fourth-order valence-electron chi connectivity index (χ4n) is 4.36. The molecule has 0 spiro atoms. The number of benzene rings is 2. The van der Waals surface area contributed by atoms with Crippen molar-refractivity contribution in [2.75, 3.05) is 38.1 Å². The van der Waals surface area contributed by atoms with Gasteiger partial charge in [-0.3, -0.25) is 9.30 Å². The van der Waals surface area contributed by atoms with Crippen LogP contribution in [0, 0.1) is 12.7 Å². The average Bonchev–Trinajstić information content (AvgIpc) is 3.38. The molecule has 35 heavy (non-hydrogen) atoms. The lowest BCUT2D eigenvalue weighted by Crippen LogP contribution is -2.49. The van der Waals surface area contributed by atoms with Crippen molar-refractivity contribution in [3.05, 3.63) is 71.1 Å². The predicted octanol–water partition coefficient (Wildman–Crippen LogP) is 5.26. The Morgan fingerprint density at radius 1 is 1.11 bits per heavy atom. The number of thiazole rings is 1. The number of carbonyl (C=O) groups excluding carboxylic acids is 1. The van der Waals surface area contributed by atoms with Gasteiger partial charge in [0.05, 0.1) is 23.7 Å². The van der Waals surface area contributed by atoms with Crippen molar-refractivity contribution in [1.82, 2.24) is 19.2 Å². The maximum absolute atomic E-state index is 13.5. The first kappa shape index (κ1) is 23.3. The number of ether oxygens (including phenoxy) is 1. The van der Waals surface area contributed by atoms with E-state index in [1.165, 1.54) is 17.0 Å². The van der Waals surface area contributed by atoms with E-state index in [4.69, 9.17) is 9.72 Å². The highest BCUT2D eigenvalue weighted by Crippen LogP contribution is 2.30. The van der Waals surface area contributed by atoms with Crippen LogP contribution >= 0.6 is 11.3 Å². The van der Waals surface area contributed by atoms with Gasteiger partial charge in [0.2, 0.25) is 0 Å². The number of carbonyl (C=O) groups is 1. The number of halogens is 1. The minimum Gasteiger partial charge on any atom is -0.492 e. The number of aromatic nitrogens is 2. The van der Waals surface area contributed by atoms with E-state index in [0.29, 0.717) is 37.7 Å². The summed E-state index contributed by atoms with van der Waals surface area (Å²) in [6.45, 7) is 7.98. The Morgan fingerprint density at radius 3 is 2.60 bits per heavy atom. The summed E-state index contributed by atoms with van der Waals surface area (Å²) in [5, 5.41) is 2.99. The Bertz CT molecular complexity index is 1330. The molecule has 0 unspecified atom stereocenters. The second kappa shape index (κ2) is 10.1. The van der Waals surface area contributed by atoms with Crippen molar-refractivity contribution in [2.24, 2.45) is 0 Å². The number of hydrogen-bond donors (Lipinski definition) is 1. The maximum Gasteiger partial charge on any atom is 0.322 e. The number of fused-ring (bicyclic) bond motifs is 1. The number of rotatable bonds is 6. The number of amides is 2. The third-order valence-electron chi connectivity index (χ3n) is 6.12. The van der Waals surface area contributed by atoms with Crippen LogP contribution in [0.25, 0.3) is 16.2 Å². The van der Waals surface area contributed by atoms with Crippen LogP contribution in [0.15, 0.2) is 54.7 Å². The summed E-state index contributed by atoms with van der Waals surface area (Å²) in [4.78, 5) is 24.0. The Morgan fingerprint density at radius 2 is 1.86 bits per heavy atom. The summed E-state index contributed by atoms with van der Waals surface area (Å²) in [6, 6.07) is 13.9. The molecular formula is C26H28FN5O2S. The first-order valence-corrected chi connectivity index (χ1v) is 12.6. The van der Waals surface area contributed by atoms with Gasteiger partial charge in [-0.2, -0.15) is 0 Å². The SMILES string of the molecule is CCOc1ccccc1NC(=O)N1CCN(Cc2c(-c3ccc(F)cc3)nc3sc(C)cn23)CC1. The molecule has 1 saturated heterocycles. The summed E-state index contributed by atoms with van der Waals surface area (Å²) in [5.74, 6) is 0.413. The third-order valence-corrected chi connectivity index (χ3v) is 7.02. The molecule has 0 atom stereocenters. The van der Waals surface area contributed by atoms with E-state index in [-0.39, 0.29) is 11.8 Å². The fourth-order valence-corrected chi connectivity index (χ4v) is 5.20. The van der Waals surface area contributed by atoms with E-state index in [2.05, 4.69) is 27.7 Å². The maximum atomic E-state index is 13.5. The molecule has 1 fully saturated rings. The molecule has 1 N–H and O–H groups in total. The Kier molecular flexibility index (Phi) is 6.70. The van der Waals surface area contributed by atoms with Crippen molar-refractivity contribution < 1.29 is 13.9 Å². The molecule has 2 amide bonds. The molecule has 3 heterocycles. The minimum absolute atomic E-state index is 0.121. The summed E-state index contributed by atoms with van der Waals surface area (Å²) < 4.78 is 21.3. The topological polar surface area (TPSA) is 62.1 Å². The largest absolute Gasteiger partial charge is 0.492 e. The fraction of sp³-hybridized carbons (Fsp3) is 0.308. The molecule has 7 nitrogen and oxygen atoms in total. The summed E-state index contributed by atoms with van der Waals surface area (Å²) in [6.07, 6.45) is 2.11. The zero-order valence-electron chi connectivity index (χ0n) is 19.8. The monoisotopic (exact) mass is 493 g/mol. The highest BCUT2D eigenvalue weighted by Gasteiger charge is 2.25. The van der Waals surface area contributed by atoms with Gasteiger partial charge in [0, 0.05) is 49.4 Å². The van der Waals surface area contributed by atoms with Gasteiger partial charge < -0.3 is 15.0 Å². The zero-order chi connectivity index (χ0) is 24.4. The molecule has 2 aromatic heterocycles. The van der Waals surface area contributed by atoms with Gasteiger partial charge in [-0.05, 0) is 50.2 Å². The molecule has 9 heteroatoms. The second-order valence-corrected chi connectivity index (χ2v) is 9.74. The number of urea groups is 1. The van der Waals surface area contributed by atoms with E-state index in [1.807, 2.05) is 36.1 Å². The van der Waals surface area contributed by atoms with Crippen molar-refractivity contribution in [2.45, 2.75) is 20.4 Å². The minimum atomic E-state index is -0.259. The number of nitrogens with one attached hydrogen (secondary N) is 1. The number of anilines is 1. The van der Waals surface area contributed by atoms with Crippen LogP contribution in [0.4, 0.5) is 14.9 Å². The van der Waals surface area contributed by atoms with Gasteiger partial charge in [0.1, 0.15) is 11.6 Å². The lowest BCUT2D eigenvalue weighted by Gasteiger charge is -2.34. The van der Waals surface area contributed by atoms with Gasteiger partial charge in [0.15, 0.2) is 4.96 Å². The van der Waals surface area contributed by atoms with Crippen molar-refractivity contribution in [1.29, 1.82) is 0 Å². The molecule has 0 saturated carbocycles. The molecule has 1 aliphatic rings. The Labute approximate surface area is 207 Å². The smallest absolute Gasteiger partial charge is 0.322 e. The molecular weight excluding hydrogens is 465 g/mol. The Hall–Kier alpha value is -3.43. The molecule has 182 valence electrons. The van der Waals surface area contributed by atoms with Crippen LogP contribution in [0.3, 0.4) is 0 Å². The standard InChI is InChI=1S/C26H28FN5O2S/c1-3-34-23-7-5-4-6-21(23)28-25(33)31-14-12-30(13-15-31)17-22-24(19-8-10-20(27)11-9-19)29-26-32(22)16-18(2)35-26/h4-11,16H,3,12-15,17H2,1-2H3,(H,28,33). The van der Waals surface area contributed by atoms with Gasteiger partial charge >= 0.3 is 6.03 Å². The van der Waals surface area contributed by atoms with E-state index in [0.717, 1.165) is 35.0 Å². The first-order chi connectivity index (χ1) is 17.0. The van der Waals surface area contributed by atoms with E-state index in [9.17, 15) is 9.18 Å². The van der Waals surface area contributed by atoms with E-state index < -0.39 is 0 Å². The summed E-state index contributed by atoms with van der Waals surface area (Å²) in [7, 11) is 0. The van der Waals surface area contributed by atoms with Gasteiger partial charge in [-0.15, -0.1) is 11.3 Å². The van der Waals surface area contributed by atoms with Crippen LogP contribution in [-0.2, 0) is 6.54 Å². The number of para-hydroxylation sites is 2.